The zero-order valence-corrected chi connectivity index (χ0v) is 9.35. The SMILES string of the molecule is CC1CCCc2nc(S(=O)(=O)Cl)cn21. The molecule has 6 heteroatoms. The quantitative estimate of drug-likeness (QED) is 0.695. The largest absolute Gasteiger partial charge is 0.331 e. The highest BCUT2D eigenvalue weighted by Gasteiger charge is 2.22. The fraction of sp³-hybridized carbons (Fsp3) is 0.625. The Morgan fingerprint density at radius 2 is 2.36 bits per heavy atom. The van der Waals surface area contributed by atoms with Crippen molar-refractivity contribution in [1.29, 1.82) is 0 Å². The van der Waals surface area contributed by atoms with E-state index in [0.717, 1.165) is 25.1 Å². The molecule has 0 aromatic carbocycles. The van der Waals surface area contributed by atoms with Crippen LogP contribution in [0.15, 0.2) is 11.2 Å². The van der Waals surface area contributed by atoms with E-state index in [1.165, 1.54) is 6.20 Å². The second-order valence-corrected chi connectivity index (χ2v) is 6.09. The van der Waals surface area contributed by atoms with Crippen molar-refractivity contribution in [3.63, 3.8) is 0 Å². The molecule has 0 saturated heterocycles. The maximum absolute atomic E-state index is 11.0. The summed E-state index contributed by atoms with van der Waals surface area (Å²) in [5.74, 6) is 0.822. The minimum atomic E-state index is -3.68. The monoisotopic (exact) mass is 234 g/mol. The summed E-state index contributed by atoms with van der Waals surface area (Å²) in [6.45, 7) is 2.05. The molecule has 14 heavy (non-hydrogen) atoms. The van der Waals surface area contributed by atoms with Gasteiger partial charge in [0.2, 0.25) is 0 Å². The highest BCUT2D eigenvalue weighted by Crippen LogP contribution is 2.26. The molecule has 1 aliphatic rings. The topological polar surface area (TPSA) is 52.0 Å². The van der Waals surface area contributed by atoms with Crippen LogP contribution in [0, 0.1) is 0 Å². The van der Waals surface area contributed by atoms with Crippen LogP contribution in [0.1, 0.15) is 31.6 Å². The van der Waals surface area contributed by atoms with E-state index >= 15 is 0 Å². The predicted octanol–water partition coefficient (Wildman–Crippen LogP) is 1.71. The number of aromatic nitrogens is 2. The molecule has 1 unspecified atom stereocenters. The molecule has 0 spiro atoms. The van der Waals surface area contributed by atoms with Crippen LogP contribution in [0.4, 0.5) is 0 Å². The van der Waals surface area contributed by atoms with E-state index in [-0.39, 0.29) is 5.03 Å². The average molecular weight is 235 g/mol. The summed E-state index contributed by atoms with van der Waals surface area (Å²) >= 11 is 0. The van der Waals surface area contributed by atoms with Crippen LogP contribution in [0.2, 0.25) is 0 Å². The van der Waals surface area contributed by atoms with E-state index in [9.17, 15) is 8.42 Å². The third kappa shape index (κ3) is 1.66. The Morgan fingerprint density at radius 1 is 1.64 bits per heavy atom. The van der Waals surface area contributed by atoms with Crippen LogP contribution in [-0.2, 0) is 15.5 Å². The van der Waals surface area contributed by atoms with Gasteiger partial charge in [0.25, 0.3) is 9.05 Å². The van der Waals surface area contributed by atoms with E-state index in [4.69, 9.17) is 10.7 Å². The van der Waals surface area contributed by atoms with Gasteiger partial charge in [-0.05, 0) is 19.8 Å². The number of hydrogen-bond acceptors (Lipinski definition) is 3. The van der Waals surface area contributed by atoms with Crippen LogP contribution >= 0.6 is 10.7 Å². The molecular weight excluding hydrogens is 224 g/mol. The van der Waals surface area contributed by atoms with Crippen molar-refractivity contribution in [2.45, 2.75) is 37.3 Å². The third-order valence-corrected chi connectivity index (χ3v) is 3.70. The molecule has 2 heterocycles. The molecule has 1 aromatic heterocycles. The Morgan fingerprint density at radius 3 is 2.93 bits per heavy atom. The van der Waals surface area contributed by atoms with Gasteiger partial charge in [-0.1, -0.05) is 0 Å². The highest BCUT2D eigenvalue weighted by molar-refractivity contribution is 8.13. The fourth-order valence-corrected chi connectivity index (χ4v) is 2.46. The van der Waals surface area contributed by atoms with Gasteiger partial charge in [0.15, 0.2) is 5.03 Å². The van der Waals surface area contributed by atoms with Crippen molar-refractivity contribution in [3.05, 3.63) is 12.0 Å². The standard InChI is InChI=1S/C8H11ClN2O2S/c1-6-3-2-4-7-10-8(5-11(6)7)14(9,12)13/h5-6H,2-4H2,1H3. The molecule has 0 fully saturated rings. The second kappa shape index (κ2) is 3.24. The first-order valence-electron chi connectivity index (χ1n) is 4.51. The van der Waals surface area contributed by atoms with Crippen LogP contribution in [0.25, 0.3) is 0 Å². The lowest BCUT2D eigenvalue weighted by Crippen LogP contribution is -2.14. The summed E-state index contributed by atoms with van der Waals surface area (Å²) in [6, 6.07) is 0.318. The summed E-state index contributed by atoms with van der Waals surface area (Å²) in [5.41, 5.74) is 0. The van der Waals surface area contributed by atoms with Gasteiger partial charge in [0, 0.05) is 29.3 Å². The van der Waals surface area contributed by atoms with Crippen molar-refractivity contribution in [2.24, 2.45) is 0 Å². The maximum Gasteiger partial charge on any atom is 0.280 e. The second-order valence-electron chi connectivity index (χ2n) is 3.58. The van der Waals surface area contributed by atoms with Gasteiger partial charge < -0.3 is 4.57 Å². The number of halogens is 1. The van der Waals surface area contributed by atoms with E-state index in [1.54, 1.807) is 0 Å². The Kier molecular flexibility index (Phi) is 2.31. The van der Waals surface area contributed by atoms with E-state index in [2.05, 4.69) is 11.9 Å². The zero-order chi connectivity index (χ0) is 10.3. The van der Waals surface area contributed by atoms with Gasteiger partial charge >= 0.3 is 0 Å². The highest BCUT2D eigenvalue weighted by atomic mass is 35.7. The number of nitrogens with zero attached hydrogens (tertiary/aromatic N) is 2. The van der Waals surface area contributed by atoms with Gasteiger partial charge in [-0.3, -0.25) is 0 Å². The maximum atomic E-state index is 11.0. The van der Waals surface area contributed by atoms with Crippen LogP contribution < -0.4 is 0 Å². The number of rotatable bonds is 1. The molecule has 0 amide bonds. The van der Waals surface area contributed by atoms with Crippen molar-refractivity contribution in [1.82, 2.24) is 9.55 Å². The summed E-state index contributed by atoms with van der Waals surface area (Å²) in [6.07, 6.45) is 4.48. The molecule has 4 nitrogen and oxygen atoms in total. The number of fused-ring (bicyclic) bond motifs is 1. The minimum absolute atomic E-state index is 0.0251. The molecule has 0 saturated carbocycles. The summed E-state index contributed by atoms with van der Waals surface area (Å²) < 4.78 is 24.0. The molecular formula is C8H11ClN2O2S. The lowest BCUT2D eigenvalue weighted by atomic mass is 10.1. The molecule has 1 aliphatic heterocycles. The molecule has 0 radical (unpaired) electrons. The molecule has 1 aromatic rings. The van der Waals surface area contributed by atoms with Crippen molar-refractivity contribution in [2.75, 3.05) is 0 Å². The molecule has 2 rings (SSSR count). The molecule has 0 N–H and O–H groups in total. The number of aryl methyl sites for hydroxylation is 1. The Balaban J connectivity index is 2.50. The fourth-order valence-electron chi connectivity index (χ4n) is 1.79. The van der Waals surface area contributed by atoms with E-state index < -0.39 is 9.05 Å². The smallest absolute Gasteiger partial charge is 0.280 e. The van der Waals surface area contributed by atoms with E-state index in [0.29, 0.717) is 6.04 Å². The van der Waals surface area contributed by atoms with Crippen molar-refractivity contribution >= 4 is 19.7 Å². The van der Waals surface area contributed by atoms with Crippen LogP contribution in [0.3, 0.4) is 0 Å². The van der Waals surface area contributed by atoms with Gasteiger partial charge in [-0.2, -0.15) is 0 Å². The minimum Gasteiger partial charge on any atom is -0.331 e. The van der Waals surface area contributed by atoms with Gasteiger partial charge in [-0.25, -0.2) is 13.4 Å². The lowest BCUT2D eigenvalue weighted by Gasteiger charge is -2.20. The average Bonchev–Trinajstić information content (AvgIpc) is 2.48. The van der Waals surface area contributed by atoms with Crippen LogP contribution in [0.5, 0.6) is 0 Å². The first-order chi connectivity index (χ1) is 6.48. The Labute approximate surface area is 87.3 Å². The molecule has 78 valence electrons. The summed E-state index contributed by atoms with van der Waals surface area (Å²) in [5, 5.41) is -0.0251. The van der Waals surface area contributed by atoms with E-state index in [1.807, 2.05) is 4.57 Å². The first kappa shape index (κ1) is 9.98. The summed E-state index contributed by atoms with van der Waals surface area (Å²) in [4.78, 5) is 4.02. The lowest BCUT2D eigenvalue weighted by molar-refractivity contribution is 0.425. The third-order valence-electron chi connectivity index (χ3n) is 2.53. The van der Waals surface area contributed by atoms with Gasteiger partial charge in [0.05, 0.1) is 0 Å². The molecule has 0 aliphatic carbocycles. The van der Waals surface area contributed by atoms with Crippen molar-refractivity contribution < 1.29 is 8.42 Å². The number of imidazole rings is 1. The number of hydrogen-bond donors (Lipinski definition) is 0. The molecule has 1 atom stereocenters. The van der Waals surface area contributed by atoms with Gasteiger partial charge in [0.1, 0.15) is 5.82 Å². The Hall–Kier alpha value is -0.550. The van der Waals surface area contributed by atoms with Crippen LogP contribution in [-0.4, -0.2) is 18.0 Å². The Bertz CT molecular complexity index is 452. The molecule has 0 bridgehead atoms. The summed E-state index contributed by atoms with van der Waals surface area (Å²) in [7, 11) is 1.54. The zero-order valence-electron chi connectivity index (χ0n) is 7.77. The van der Waals surface area contributed by atoms with Crippen molar-refractivity contribution in [3.8, 4) is 0 Å². The van der Waals surface area contributed by atoms with Gasteiger partial charge in [-0.15, -0.1) is 0 Å². The first-order valence-corrected chi connectivity index (χ1v) is 6.82. The predicted molar refractivity (Wildman–Crippen MR) is 52.9 cm³/mol. The normalized spacial score (nSPS) is 22.0.